The molecule has 1 aromatic carbocycles. The van der Waals surface area contributed by atoms with Gasteiger partial charge in [-0.15, -0.1) is 0 Å². The van der Waals surface area contributed by atoms with E-state index < -0.39 is 17.8 Å². The summed E-state index contributed by atoms with van der Waals surface area (Å²) in [6, 6.07) is 7.04. The molecule has 0 amide bonds. The van der Waals surface area contributed by atoms with Crippen molar-refractivity contribution in [3.63, 3.8) is 0 Å². The molecule has 2 N–H and O–H groups in total. The van der Waals surface area contributed by atoms with Gasteiger partial charge in [0.15, 0.2) is 5.82 Å². The lowest BCUT2D eigenvalue weighted by molar-refractivity contribution is -0.139. The number of alkyl halides is 3. The van der Waals surface area contributed by atoms with Crippen molar-refractivity contribution >= 4 is 11.7 Å². The molecular weight excluding hydrogens is 359 g/mol. The topological polar surface area (TPSA) is 67.9 Å². The van der Waals surface area contributed by atoms with E-state index in [1.807, 2.05) is 19.1 Å². The minimum Gasteiger partial charge on any atom is -0.463 e. The van der Waals surface area contributed by atoms with Gasteiger partial charge in [-0.05, 0) is 31.4 Å². The molecule has 0 aromatic heterocycles. The van der Waals surface area contributed by atoms with Gasteiger partial charge in [0.25, 0.3) is 0 Å². The standard InChI is InChI=1S/C19H22F3N3O2/c1-4-12-7-9-13(10-8-12)15-11-16(19(20,21)22)25(23)17(24-15)14(5-2)18(26)27-6-3/h7-11H,4-6,23H2,1-3H3. The van der Waals surface area contributed by atoms with Gasteiger partial charge in [0.05, 0.1) is 17.9 Å². The molecule has 0 unspecified atom stereocenters. The van der Waals surface area contributed by atoms with Crippen molar-refractivity contribution in [1.82, 2.24) is 5.01 Å². The maximum Gasteiger partial charge on any atom is 0.433 e. The summed E-state index contributed by atoms with van der Waals surface area (Å²) < 4.78 is 45.5. The first kappa shape index (κ1) is 20.7. The van der Waals surface area contributed by atoms with Crippen LogP contribution in [0.25, 0.3) is 0 Å². The number of hydrogen-bond donors (Lipinski definition) is 1. The number of ether oxygens (including phenoxy) is 1. The van der Waals surface area contributed by atoms with Crippen molar-refractivity contribution in [3.8, 4) is 0 Å². The molecule has 1 aliphatic heterocycles. The average Bonchev–Trinajstić information content (AvgIpc) is 2.63. The fourth-order valence-electron chi connectivity index (χ4n) is 2.62. The Labute approximate surface area is 156 Å². The number of hydrogen-bond acceptors (Lipinski definition) is 5. The summed E-state index contributed by atoms with van der Waals surface area (Å²) in [6.45, 7) is 5.32. The SMILES string of the molecule is CCOC(=O)C(CC)=C1N=C(c2ccc(CC)cc2)C=C(C(F)(F)F)N1N. The summed E-state index contributed by atoms with van der Waals surface area (Å²) in [5.41, 5.74) is 0.511. The first-order valence-electron chi connectivity index (χ1n) is 8.64. The minimum absolute atomic E-state index is 0.0168. The van der Waals surface area contributed by atoms with Crippen LogP contribution in [0, 0.1) is 0 Å². The Balaban J connectivity index is 2.64. The number of carbonyl (C=O) groups excluding carboxylic acids is 1. The Kier molecular flexibility index (Phi) is 6.43. The van der Waals surface area contributed by atoms with Crippen LogP contribution in [0.5, 0.6) is 0 Å². The number of carbonyl (C=O) groups is 1. The molecule has 0 fully saturated rings. The number of esters is 1. The van der Waals surface area contributed by atoms with Gasteiger partial charge < -0.3 is 4.74 Å². The fraction of sp³-hybridized carbons (Fsp3) is 0.368. The van der Waals surface area contributed by atoms with E-state index >= 15 is 0 Å². The summed E-state index contributed by atoms with van der Waals surface area (Å²) in [4.78, 5) is 16.4. The first-order chi connectivity index (χ1) is 12.7. The molecule has 0 spiro atoms. The highest BCUT2D eigenvalue weighted by molar-refractivity contribution is 6.10. The lowest BCUT2D eigenvalue weighted by atomic mass is 10.0. The van der Waals surface area contributed by atoms with Gasteiger partial charge in [-0.2, -0.15) is 13.2 Å². The van der Waals surface area contributed by atoms with E-state index in [0.717, 1.165) is 18.1 Å². The van der Waals surface area contributed by atoms with Gasteiger partial charge in [-0.25, -0.2) is 15.6 Å². The van der Waals surface area contributed by atoms with Gasteiger partial charge in [0.1, 0.15) is 5.70 Å². The lowest BCUT2D eigenvalue weighted by Crippen LogP contribution is -2.40. The average molecular weight is 381 g/mol. The molecule has 0 radical (unpaired) electrons. The van der Waals surface area contributed by atoms with Crippen molar-refractivity contribution in [2.24, 2.45) is 10.8 Å². The Morgan fingerprint density at radius 1 is 1.19 bits per heavy atom. The van der Waals surface area contributed by atoms with Crippen LogP contribution in [-0.4, -0.2) is 29.5 Å². The highest BCUT2D eigenvalue weighted by atomic mass is 19.4. The fourth-order valence-corrected chi connectivity index (χ4v) is 2.62. The van der Waals surface area contributed by atoms with Crippen molar-refractivity contribution in [1.29, 1.82) is 0 Å². The molecule has 1 heterocycles. The van der Waals surface area contributed by atoms with Crippen LogP contribution in [-0.2, 0) is 16.0 Å². The number of nitrogens with zero attached hydrogens (tertiary/aromatic N) is 2. The van der Waals surface area contributed by atoms with Gasteiger partial charge in [0.2, 0.25) is 0 Å². The summed E-state index contributed by atoms with van der Waals surface area (Å²) in [5.74, 6) is 4.68. The number of rotatable bonds is 5. The molecule has 2 rings (SSSR count). The monoisotopic (exact) mass is 381 g/mol. The van der Waals surface area contributed by atoms with Crippen molar-refractivity contribution < 1.29 is 22.7 Å². The normalized spacial score (nSPS) is 16.6. The zero-order valence-electron chi connectivity index (χ0n) is 15.4. The molecule has 1 aliphatic rings. The van der Waals surface area contributed by atoms with Crippen LogP contribution >= 0.6 is 0 Å². The highest BCUT2D eigenvalue weighted by Crippen LogP contribution is 2.34. The summed E-state index contributed by atoms with van der Waals surface area (Å²) in [6.07, 6.45) is -2.90. The molecule has 146 valence electrons. The Morgan fingerprint density at radius 3 is 2.30 bits per heavy atom. The third kappa shape index (κ3) is 4.57. The lowest BCUT2D eigenvalue weighted by Gasteiger charge is -2.29. The number of benzene rings is 1. The number of aliphatic imine (C=N–C) groups is 1. The van der Waals surface area contributed by atoms with Crippen LogP contribution in [0.4, 0.5) is 13.2 Å². The molecule has 0 atom stereocenters. The summed E-state index contributed by atoms with van der Waals surface area (Å²) in [7, 11) is 0. The maximum absolute atomic E-state index is 13.5. The number of nitrogens with two attached hydrogens (primary N) is 1. The molecule has 0 bridgehead atoms. The number of hydrazine groups is 1. The molecule has 0 aliphatic carbocycles. The molecule has 1 aromatic rings. The van der Waals surface area contributed by atoms with Crippen LogP contribution in [0.3, 0.4) is 0 Å². The number of aryl methyl sites for hydroxylation is 1. The predicted molar refractivity (Wildman–Crippen MR) is 96.5 cm³/mol. The van der Waals surface area contributed by atoms with Crippen LogP contribution in [0.1, 0.15) is 38.3 Å². The second-order valence-corrected chi connectivity index (χ2v) is 5.82. The summed E-state index contributed by atoms with van der Waals surface area (Å²) in [5, 5.41) is 0.402. The molecule has 27 heavy (non-hydrogen) atoms. The predicted octanol–water partition coefficient (Wildman–Crippen LogP) is 3.86. The van der Waals surface area contributed by atoms with Crippen LogP contribution in [0.15, 0.2) is 52.4 Å². The maximum atomic E-state index is 13.5. The van der Waals surface area contributed by atoms with Gasteiger partial charge in [-0.1, -0.05) is 38.1 Å². The quantitative estimate of drug-likeness (QED) is 0.478. The smallest absolute Gasteiger partial charge is 0.433 e. The van der Waals surface area contributed by atoms with E-state index in [1.54, 1.807) is 26.0 Å². The Hall–Kier alpha value is -2.61. The first-order valence-corrected chi connectivity index (χ1v) is 8.64. The van der Waals surface area contributed by atoms with E-state index in [1.165, 1.54) is 0 Å². The molecular formula is C19H22F3N3O2. The Morgan fingerprint density at radius 2 is 1.81 bits per heavy atom. The van der Waals surface area contributed by atoms with E-state index in [0.29, 0.717) is 10.6 Å². The molecule has 5 nitrogen and oxygen atoms in total. The zero-order chi connectivity index (χ0) is 20.2. The van der Waals surface area contributed by atoms with E-state index in [-0.39, 0.29) is 30.1 Å². The largest absolute Gasteiger partial charge is 0.463 e. The molecule has 0 saturated carbocycles. The van der Waals surface area contributed by atoms with Crippen LogP contribution < -0.4 is 5.84 Å². The minimum atomic E-state index is -4.71. The number of allylic oxidation sites excluding steroid dienone is 2. The molecule has 0 saturated heterocycles. The third-order valence-electron chi connectivity index (χ3n) is 4.08. The van der Waals surface area contributed by atoms with E-state index in [4.69, 9.17) is 10.6 Å². The highest BCUT2D eigenvalue weighted by Gasteiger charge is 2.41. The second kappa shape index (κ2) is 8.39. The van der Waals surface area contributed by atoms with Crippen LogP contribution in [0.2, 0.25) is 0 Å². The number of halogens is 3. The third-order valence-corrected chi connectivity index (χ3v) is 4.08. The van der Waals surface area contributed by atoms with E-state index in [2.05, 4.69) is 4.99 Å². The van der Waals surface area contributed by atoms with Crippen molar-refractivity contribution in [2.45, 2.75) is 39.8 Å². The van der Waals surface area contributed by atoms with Gasteiger partial charge in [0, 0.05) is 5.56 Å². The van der Waals surface area contributed by atoms with Gasteiger partial charge >= 0.3 is 12.1 Å². The summed E-state index contributed by atoms with van der Waals surface area (Å²) >= 11 is 0. The zero-order valence-corrected chi connectivity index (χ0v) is 15.4. The molecule has 8 heteroatoms. The second-order valence-electron chi connectivity index (χ2n) is 5.82. The van der Waals surface area contributed by atoms with Gasteiger partial charge in [-0.3, -0.25) is 5.01 Å². The van der Waals surface area contributed by atoms with Crippen molar-refractivity contribution in [2.75, 3.05) is 6.61 Å². The van der Waals surface area contributed by atoms with Crippen molar-refractivity contribution in [3.05, 3.63) is 58.6 Å². The Bertz CT molecular complexity index is 793. The van der Waals surface area contributed by atoms with E-state index in [9.17, 15) is 18.0 Å².